The summed E-state index contributed by atoms with van der Waals surface area (Å²) >= 11 is 9.20. The molecular formula is C11H11BrClO2U-. The van der Waals surface area contributed by atoms with E-state index in [1.165, 1.54) is 7.11 Å². The van der Waals surface area contributed by atoms with Gasteiger partial charge in [-0.2, -0.15) is 6.92 Å². The van der Waals surface area contributed by atoms with E-state index in [1.54, 1.807) is 18.6 Å². The van der Waals surface area contributed by atoms with Crippen LogP contribution in [0.25, 0.3) is 0 Å². The molecule has 0 aliphatic carbocycles. The number of hydrogen-bond acceptors (Lipinski definition) is 2. The zero-order chi connectivity index (χ0) is 11.4. The molecule has 1 rings (SSSR count). The van der Waals surface area contributed by atoms with Gasteiger partial charge in [-0.3, -0.25) is 4.79 Å². The average molecular weight is 529 g/mol. The van der Waals surface area contributed by atoms with Crippen LogP contribution in [0.3, 0.4) is 0 Å². The van der Waals surface area contributed by atoms with Crippen molar-refractivity contribution in [2.45, 2.75) is 12.8 Å². The Hall–Kier alpha value is 0.512. The van der Waals surface area contributed by atoms with Crippen LogP contribution in [0.2, 0.25) is 5.02 Å². The first-order chi connectivity index (χ1) is 7.10. The molecule has 0 aromatic heterocycles. The molecule has 0 saturated carbocycles. The van der Waals surface area contributed by atoms with Crippen molar-refractivity contribution >= 4 is 33.5 Å². The summed E-state index contributed by atoms with van der Waals surface area (Å²) in [5, 5.41) is 0.630. The van der Waals surface area contributed by atoms with Gasteiger partial charge in [-0.25, -0.2) is 0 Å². The molecule has 0 aliphatic rings. The Labute approximate surface area is 133 Å². The second-order valence-corrected chi connectivity index (χ2v) is 4.29. The minimum absolute atomic E-state index is 0. The summed E-state index contributed by atoms with van der Waals surface area (Å²) in [6, 6.07) is 5.32. The summed E-state index contributed by atoms with van der Waals surface area (Å²) in [5.74, 6) is -0.637. The van der Waals surface area contributed by atoms with Crippen molar-refractivity contribution in [2.75, 3.05) is 7.11 Å². The standard InChI is InChI=1S/C11H11BrClO2.U/c1-3-8(11(14)15-2)9-5-4-7(13)6-10(9)12;/h3-6,8H,1-2H3;/q-1;. The van der Waals surface area contributed by atoms with Gasteiger partial charge in [0, 0.05) is 40.6 Å². The number of hydrogen-bond donors (Lipinski definition) is 0. The molecule has 86 valence electrons. The van der Waals surface area contributed by atoms with Gasteiger partial charge >= 0.3 is 0 Å². The van der Waals surface area contributed by atoms with Gasteiger partial charge in [-0.15, -0.1) is 0 Å². The Bertz CT molecular complexity index is 371. The van der Waals surface area contributed by atoms with Gasteiger partial charge in [0.15, 0.2) is 0 Å². The molecule has 0 heterocycles. The van der Waals surface area contributed by atoms with Crippen molar-refractivity contribution in [1.29, 1.82) is 0 Å². The van der Waals surface area contributed by atoms with Gasteiger partial charge < -0.3 is 11.2 Å². The van der Waals surface area contributed by atoms with Gasteiger partial charge in [0.25, 0.3) is 5.97 Å². The van der Waals surface area contributed by atoms with E-state index < -0.39 is 0 Å². The van der Waals surface area contributed by atoms with E-state index in [-0.39, 0.29) is 43.0 Å². The maximum absolute atomic E-state index is 11.5. The molecule has 1 unspecified atom stereocenters. The van der Waals surface area contributed by atoms with Crippen LogP contribution in [0.1, 0.15) is 18.4 Å². The summed E-state index contributed by atoms with van der Waals surface area (Å²) < 4.78 is 5.53. The zero-order valence-electron chi connectivity index (χ0n) is 8.96. The van der Waals surface area contributed by atoms with Crippen molar-refractivity contribution in [3.05, 3.63) is 39.7 Å². The number of ether oxygens (including phenoxy) is 1. The molecule has 0 spiro atoms. The summed E-state index contributed by atoms with van der Waals surface area (Å²) in [7, 11) is 1.38. The topological polar surface area (TPSA) is 26.3 Å². The summed E-state index contributed by atoms with van der Waals surface area (Å²) in [6.07, 6.45) is 1.79. The SMILES string of the molecule is C[CH-]C(C(=O)OC)c1ccc(Cl)cc1Br.[U]. The first-order valence-electron chi connectivity index (χ1n) is 4.42. The van der Waals surface area contributed by atoms with Gasteiger partial charge in [-0.05, 0) is 23.6 Å². The molecule has 0 fully saturated rings. The van der Waals surface area contributed by atoms with Gasteiger partial charge in [-0.1, -0.05) is 33.6 Å². The first-order valence-corrected chi connectivity index (χ1v) is 5.59. The van der Waals surface area contributed by atoms with E-state index in [4.69, 9.17) is 16.3 Å². The van der Waals surface area contributed by atoms with Crippen LogP contribution in [0.5, 0.6) is 0 Å². The van der Waals surface area contributed by atoms with Crippen LogP contribution in [0.4, 0.5) is 0 Å². The zero-order valence-corrected chi connectivity index (χ0v) is 15.5. The number of benzene rings is 1. The Balaban J connectivity index is 0.00000225. The molecule has 1 aromatic carbocycles. The Morgan fingerprint density at radius 1 is 1.56 bits per heavy atom. The second-order valence-electron chi connectivity index (χ2n) is 3.00. The number of halogens is 2. The average Bonchev–Trinajstić information content (AvgIpc) is 2.21. The predicted molar refractivity (Wildman–Crippen MR) is 63.9 cm³/mol. The third-order valence-corrected chi connectivity index (χ3v) is 3.01. The molecular weight excluding hydrogens is 518 g/mol. The van der Waals surface area contributed by atoms with Crippen LogP contribution in [-0.4, -0.2) is 13.1 Å². The van der Waals surface area contributed by atoms with Crippen LogP contribution >= 0.6 is 27.5 Å². The van der Waals surface area contributed by atoms with Crippen molar-refractivity contribution in [3.63, 3.8) is 0 Å². The molecule has 5 heteroatoms. The predicted octanol–water partition coefficient (Wildman–Crippen LogP) is 3.58. The number of methoxy groups -OCH3 is 1. The minimum atomic E-state index is -0.360. The van der Waals surface area contributed by atoms with E-state index >= 15 is 0 Å². The number of esters is 1. The third-order valence-electron chi connectivity index (χ3n) is 2.09. The van der Waals surface area contributed by atoms with E-state index in [1.807, 2.05) is 13.0 Å². The number of carbonyl (C=O) groups is 1. The van der Waals surface area contributed by atoms with Crippen molar-refractivity contribution in [1.82, 2.24) is 0 Å². The molecule has 0 saturated heterocycles. The van der Waals surface area contributed by atoms with E-state index in [2.05, 4.69) is 15.9 Å². The van der Waals surface area contributed by atoms with Crippen LogP contribution in [0, 0.1) is 37.5 Å². The summed E-state index contributed by atoms with van der Waals surface area (Å²) in [4.78, 5) is 11.5. The molecule has 0 amide bonds. The Morgan fingerprint density at radius 3 is 2.62 bits per heavy atom. The maximum Gasteiger partial charge on any atom is 0.282 e. The normalized spacial score (nSPS) is 11.5. The third kappa shape index (κ3) is 4.07. The molecule has 2 nitrogen and oxygen atoms in total. The van der Waals surface area contributed by atoms with Gasteiger partial charge in [0.2, 0.25) is 0 Å². The van der Waals surface area contributed by atoms with Crippen molar-refractivity contribution in [2.24, 2.45) is 0 Å². The number of carbonyl (C=O) groups excluding carboxylic acids is 1. The van der Waals surface area contributed by atoms with Gasteiger partial charge in [0.1, 0.15) is 0 Å². The minimum Gasteiger partial charge on any atom is -0.470 e. The molecule has 0 bridgehead atoms. The number of rotatable bonds is 3. The summed E-state index contributed by atoms with van der Waals surface area (Å²) in [6.45, 7) is 1.82. The monoisotopic (exact) mass is 527 g/mol. The molecule has 0 radical (unpaired) electrons. The Morgan fingerprint density at radius 2 is 2.19 bits per heavy atom. The molecule has 0 aliphatic heterocycles. The van der Waals surface area contributed by atoms with Crippen LogP contribution in [0.15, 0.2) is 22.7 Å². The molecule has 1 aromatic rings. The first kappa shape index (κ1) is 16.5. The van der Waals surface area contributed by atoms with Crippen LogP contribution < -0.4 is 0 Å². The van der Waals surface area contributed by atoms with E-state index in [0.717, 1.165) is 10.0 Å². The fraction of sp³-hybridized carbons (Fsp3) is 0.273. The largest absolute Gasteiger partial charge is 0.470 e. The fourth-order valence-corrected chi connectivity index (χ4v) is 2.25. The molecule has 16 heavy (non-hydrogen) atoms. The van der Waals surface area contributed by atoms with Crippen molar-refractivity contribution < 1.29 is 40.6 Å². The van der Waals surface area contributed by atoms with E-state index in [9.17, 15) is 4.79 Å². The second kappa shape index (κ2) is 7.76. The van der Waals surface area contributed by atoms with Crippen LogP contribution in [-0.2, 0) is 9.53 Å². The smallest absolute Gasteiger partial charge is 0.282 e. The summed E-state index contributed by atoms with van der Waals surface area (Å²) in [5.41, 5.74) is 0.855. The van der Waals surface area contributed by atoms with E-state index in [0.29, 0.717) is 5.02 Å². The molecule has 0 N–H and O–H groups in total. The van der Waals surface area contributed by atoms with Crippen molar-refractivity contribution in [3.8, 4) is 0 Å². The fourth-order valence-electron chi connectivity index (χ4n) is 1.32. The maximum atomic E-state index is 11.5. The quantitative estimate of drug-likeness (QED) is 0.443. The Kier molecular flexibility index (Phi) is 8.01. The molecule has 1 atom stereocenters. The van der Waals surface area contributed by atoms with Gasteiger partial charge in [0.05, 0.1) is 7.11 Å².